The van der Waals surface area contributed by atoms with Crippen LogP contribution in [0.4, 0.5) is 4.39 Å². The molecule has 0 saturated carbocycles. The van der Waals surface area contributed by atoms with E-state index in [4.69, 9.17) is 9.47 Å². The number of nitrogens with zero attached hydrogens (tertiary/aromatic N) is 1. The number of ether oxygens (including phenoxy) is 2. The maximum Gasteiger partial charge on any atom is 0.246 e. The van der Waals surface area contributed by atoms with Crippen molar-refractivity contribution in [2.24, 2.45) is 0 Å². The lowest BCUT2D eigenvalue weighted by Crippen LogP contribution is -2.49. The molecule has 1 aromatic rings. The number of likely N-dealkylation sites (tertiary alicyclic amines) is 1. The van der Waals surface area contributed by atoms with E-state index in [0.29, 0.717) is 13.2 Å². The van der Waals surface area contributed by atoms with Gasteiger partial charge in [0.25, 0.3) is 0 Å². The Morgan fingerprint density at radius 3 is 2.64 bits per heavy atom. The minimum absolute atomic E-state index is 0.0124. The molecule has 2 heterocycles. The minimum atomic E-state index is -0.302. The van der Waals surface area contributed by atoms with Gasteiger partial charge in [-0.25, -0.2) is 4.39 Å². The van der Waals surface area contributed by atoms with Crippen molar-refractivity contribution in [1.29, 1.82) is 0 Å². The summed E-state index contributed by atoms with van der Waals surface area (Å²) in [7, 11) is 0. The molecule has 0 bridgehead atoms. The molecule has 2 aliphatic heterocycles. The van der Waals surface area contributed by atoms with Crippen LogP contribution < -0.4 is 0 Å². The quantitative estimate of drug-likeness (QED) is 0.806. The van der Waals surface area contributed by atoms with Crippen molar-refractivity contribution in [2.75, 3.05) is 19.8 Å². The average Bonchev–Trinajstić information content (AvgIpc) is 3.08. The number of carbonyl (C=O) groups excluding carboxylic acids is 1. The molecule has 0 aromatic heterocycles. The van der Waals surface area contributed by atoms with Crippen molar-refractivity contribution < 1.29 is 18.7 Å². The summed E-state index contributed by atoms with van der Waals surface area (Å²) in [4.78, 5) is 14.3. The smallest absolute Gasteiger partial charge is 0.246 e. The van der Waals surface area contributed by atoms with Gasteiger partial charge in [-0.2, -0.15) is 0 Å². The Bertz CT molecular complexity index is 537. The van der Waals surface area contributed by atoms with Gasteiger partial charge in [0.05, 0.1) is 19.3 Å². The molecule has 3 rings (SSSR count). The van der Waals surface area contributed by atoms with Gasteiger partial charge in [-0.1, -0.05) is 12.1 Å². The van der Waals surface area contributed by atoms with E-state index >= 15 is 0 Å². The summed E-state index contributed by atoms with van der Waals surface area (Å²) in [5.74, 6) is -0.330. The predicted octanol–water partition coefficient (Wildman–Crippen LogP) is 2.59. The molecule has 1 aromatic carbocycles. The van der Waals surface area contributed by atoms with Crippen molar-refractivity contribution in [3.8, 4) is 0 Å². The van der Waals surface area contributed by atoms with Crippen LogP contribution in [0.5, 0.6) is 0 Å². The zero-order valence-electron chi connectivity index (χ0n) is 12.4. The molecule has 0 radical (unpaired) electrons. The maximum atomic E-state index is 12.9. The highest BCUT2D eigenvalue weighted by Crippen LogP contribution is 2.24. The molecule has 2 saturated heterocycles. The summed E-state index contributed by atoms with van der Waals surface area (Å²) in [6.45, 7) is 1.91. The number of halogens is 1. The van der Waals surface area contributed by atoms with Gasteiger partial charge in [-0.15, -0.1) is 0 Å². The first-order chi connectivity index (χ1) is 10.7. The third-order valence-corrected chi connectivity index (χ3v) is 4.08. The molecule has 0 spiro atoms. The fourth-order valence-corrected chi connectivity index (χ4v) is 2.95. The standard InChI is InChI=1S/C17H20FNO3/c18-14-7-4-13(5-8-14)6-9-16(20)19-10-2-1-3-15(19)17-21-11-12-22-17/h4-9,15,17H,1-3,10-12H2/b9-6-/t15-/m1/s1. The van der Waals surface area contributed by atoms with Crippen LogP contribution in [0.3, 0.4) is 0 Å². The number of benzene rings is 1. The Labute approximate surface area is 129 Å². The molecule has 2 fully saturated rings. The number of rotatable bonds is 3. The van der Waals surface area contributed by atoms with Crippen LogP contribution >= 0.6 is 0 Å². The maximum absolute atomic E-state index is 12.9. The molecule has 0 aliphatic carbocycles. The first-order valence-corrected chi connectivity index (χ1v) is 7.71. The third-order valence-electron chi connectivity index (χ3n) is 4.08. The first-order valence-electron chi connectivity index (χ1n) is 7.71. The highest BCUT2D eigenvalue weighted by atomic mass is 19.1. The van der Waals surface area contributed by atoms with Gasteiger partial charge in [-0.3, -0.25) is 4.79 Å². The van der Waals surface area contributed by atoms with Gasteiger partial charge in [0.1, 0.15) is 5.82 Å². The molecular weight excluding hydrogens is 285 g/mol. The van der Waals surface area contributed by atoms with Crippen LogP contribution in [-0.2, 0) is 14.3 Å². The lowest BCUT2D eigenvalue weighted by Gasteiger charge is -2.37. The van der Waals surface area contributed by atoms with Crippen LogP contribution in [-0.4, -0.2) is 42.9 Å². The lowest BCUT2D eigenvalue weighted by atomic mass is 10.0. The molecule has 4 nitrogen and oxygen atoms in total. The second kappa shape index (κ2) is 7.03. The SMILES string of the molecule is O=C(/C=C\c1ccc(F)cc1)N1CCCC[C@@H]1C1OCCO1. The Morgan fingerprint density at radius 1 is 1.18 bits per heavy atom. The Morgan fingerprint density at radius 2 is 1.91 bits per heavy atom. The average molecular weight is 305 g/mol. The van der Waals surface area contributed by atoms with Gasteiger partial charge >= 0.3 is 0 Å². The monoisotopic (exact) mass is 305 g/mol. The Hall–Kier alpha value is -1.72. The predicted molar refractivity (Wildman–Crippen MR) is 80.5 cm³/mol. The van der Waals surface area contributed by atoms with E-state index in [1.807, 2.05) is 4.90 Å². The minimum Gasteiger partial charge on any atom is -0.348 e. The summed E-state index contributed by atoms with van der Waals surface area (Å²) < 4.78 is 24.0. The number of hydrogen-bond acceptors (Lipinski definition) is 3. The van der Waals surface area contributed by atoms with E-state index in [0.717, 1.165) is 31.4 Å². The highest BCUT2D eigenvalue weighted by Gasteiger charge is 2.35. The van der Waals surface area contributed by atoms with Gasteiger partial charge in [0.2, 0.25) is 5.91 Å². The number of carbonyl (C=O) groups is 1. The molecule has 1 amide bonds. The second-order valence-corrected chi connectivity index (χ2v) is 5.59. The van der Waals surface area contributed by atoms with E-state index < -0.39 is 0 Å². The van der Waals surface area contributed by atoms with Gasteiger partial charge in [-0.05, 0) is 43.0 Å². The fraction of sp³-hybridized carbons (Fsp3) is 0.471. The second-order valence-electron chi connectivity index (χ2n) is 5.59. The largest absolute Gasteiger partial charge is 0.348 e. The molecular formula is C17H20FNO3. The van der Waals surface area contributed by atoms with Gasteiger partial charge < -0.3 is 14.4 Å². The van der Waals surface area contributed by atoms with Crippen molar-refractivity contribution in [1.82, 2.24) is 4.90 Å². The molecule has 5 heteroatoms. The normalized spacial score (nSPS) is 23.3. The van der Waals surface area contributed by atoms with E-state index in [1.54, 1.807) is 24.3 Å². The zero-order valence-corrected chi connectivity index (χ0v) is 12.4. The molecule has 2 aliphatic rings. The Balaban J connectivity index is 1.67. The topological polar surface area (TPSA) is 38.8 Å². The van der Waals surface area contributed by atoms with Crippen LogP contribution in [0.25, 0.3) is 6.08 Å². The summed E-state index contributed by atoms with van der Waals surface area (Å²) in [6, 6.07) is 6.05. The highest BCUT2D eigenvalue weighted by molar-refractivity contribution is 5.92. The van der Waals surface area contributed by atoms with Crippen molar-refractivity contribution >= 4 is 12.0 Å². The van der Waals surface area contributed by atoms with Gasteiger partial charge in [0.15, 0.2) is 6.29 Å². The Kier molecular flexibility index (Phi) is 4.85. The molecule has 118 valence electrons. The van der Waals surface area contributed by atoms with E-state index in [1.165, 1.54) is 12.1 Å². The van der Waals surface area contributed by atoms with Crippen LogP contribution in [0, 0.1) is 5.82 Å². The van der Waals surface area contributed by atoms with E-state index in [2.05, 4.69) is 0 Å². The van der Waals surface area contributed by atoms with Crippen LogP contribution in [0.1, 0.15) is 24.8 Å². The van der Waals surface area contributed by atoms with Gasteiger partial charge in [0, 0.05) is 12.6 Å². The summed E-state index contributed by atoms with van der Waals surface area (Å²) in [5, 5.41) is 0. The number of hydrogen-bond donors (Lipinski definition) is 0. The fourth-order valence-electron chi connectivity index (χ4n) is 2.95. The van der Waals surface area contributed by atoms with Crippen LogP contribution in [0.2, 0.25) is 0 Å². The third kappa shape index (κ3) is 3.54. The van der Waals surface area contributed by atoms with E-state index in [9.17, 15) is 9.18 Å². The number of piperidine rings is 1. The lowest BCUT2D eigenvalue weighted by molar-refractivity contribution is -0.145. The molecule has 22 heavy (non-hydrogen) atoms. The summed E-state index contributed by atoms with van der Waals surface area (Å²) in [5.41, 5.74) is 0.802. The molecule has 0 unspecified atom stereocenters. The van der Waals surface area contributed by atoms with Crippen molar-refractivity contribution in [3.05, 3.63) is 41.7 Å². The first kappa shape index (κ1) is 15.2. The zero-order chi connectivity index (χ0) is 15.4. The molecule has 1 atom stereocenters. The summed E-state index contributed by atoms with van der Waals surface area (Å²) >= 11 is 0. The van der Waals surface area contributed by atoms with Crippen molar-refractivity contribution in [2.45, 2.75) is 31.6 Å². The van der Waals surface area contributed by atoms with E-state index in [-0.39, 0.29) is 24.1 Å². The van der Waals surface area contributed by atoms with Crippen molar-refractivity contribution in [3.63, 3.8) is 0 Å². The van der Waals surface area contributed by atoms with Crippen LogP contribution in [0.15, 0.2) is 30.3 Å². The summed E-state index contributed by atoms with van der Waals surface area (Å²) in [6.07, 6.45) is 5.94. The number of amides is 1. The molecule has 0 N–H and O–H groups in total.